The highest BCUT2D eigenvalue weighted by Gasteiger charge is 2.17. The SMILES string of the molecule is Cc1nc(-c2ccccc2)c(-c2ccccc2)n1CCCCCCCC(=O)Oc1ccccc1F. The van der Waals surface area contributed by atoms with Crippen molar-refractivity contribution in [3.63, 3.8) is 0 Å². The molecule has 0 N–H and O–H groups in total. The fraction of sp³-hybridized carbons (Fsp3) is 0.267. The molecule has 0 fully saturated rings. The maximum absolute atomic E-state index is 13.6. The van der Waals surface area contributed by atoms with Gasteiger partial charge in [-0.05, 0) is 31.9 Å². The topological polar surface area (TPSA) is 44.1 Å². The van der Waals surface area contributed by atoms with Crippen LogP contribution in [-0.4, -0.2) is 15.5 Å². The van der Waals surface area contributed by atoms with E-state index in [4.69, 9.17) is 9.72 Å². The van der Waals surface area contributed by atoms with E-state index in [9.17, 15) is 9.18 Å². The van der Waals surface area contributed by atoms with Gasteiger partial charge in [-0.1, -0.05) is 92.1 Å². The van der Waals surface area contributed by atoms with Crippen LogP contribution < -0.4 is 4.74 Å². The Labute approximate surface area is 206 Å². The fourth-order valence-corrected chi connectivity index (χ4v) is 4.29. The third-order valence-electron chi connectivity index (χ3n) is 6.08. The van der Waals surface area contributed by atoms with Crippen LogP contribution in [0.2, 0.25) is 0 Å². The van der Waals surface area contributed by atoms with Crippen LogP contribution in [0, 0.1) is 12.7 Å². The first kappa shape index (κ1) is 24.4. The number of hydrogen-bond acceptors (Lipinski definition) is 3. The summed E-state index contributed by atoms with van der Waals surface area (Å²) >= 11 is 0. The van der Waals surface area contributed by atoms with Gasteiger partial charge in [0.25, 0.3) is 0 Å². The predicted molar refractivity (Wildman–Crippen MR) is 138 cm³/mol. The minimum atomic E-state index is -0.513. The second-order valence-corrected chi connectivity index (χ2v) is 8.66. The molecule has 4 nitrogen and oxygen atoms in total. The van der Waals surface area contributed by atoms with E-state index in [0.29, 0.717) is 6.42 Å². The van der Waals surface area contributed by atoms with Gasteiger partial charge in [-0.2, -0.15) is 0 Å². The highest BCUT2D eigenvalue weighted by molar-refractivity contribution is 5.79. The number of aromatic nitrogens is 2. The molecule has 3 aromatic carbocycles. The number of rotatable bonds is 11. The molecule has 0 aliphatic rings. The Bertz CT molecular complexity index is 1240. The van der Waals surface area contributed by atoms with Gasteiger partial charge in [-0.15, -0.1) is 0 Å². The first-order chi connectivity index (χ1) is 17.1. The van der Waals surface area contributed by atoms with Crippen molar-refractivity contribution in [3.05, 3.63) is 96.6 Å². The maximum atomic E-state index is 13.6. The van der Waals surface area contributed by atoms with Crippen LogP contribution in [0.5, 0.6) is 5.75 Å². The molecule has 180 valence electrons. The van der Waals surface area contributed by atoms with Gasteiger partial charge >= 0.3 is 5.97 Å². The number of ether oxygens (including phenoxy) is 1. The van der Waals surface area contributed by atoms with Crippen molar-refractivity contribution in [3.8, 4) is 28.3 Å². The van der Waals surface area contributed by atoms with Crippen molar-refractivity contribution in [2.75, 3.05) is 0 Å². The Morgan fingerprint density at radius 1 is 0.800 bits per heavy atom. The summed E-state index contributed by atoms with van der Waals surface area (Å²) in [6.45, 7) is 2.96. The average molecular weight is 471 g/mol. The van der Waals surface area contributed by atoms with Crippen LogP contribution >= 0.6 is 0 Å². The summed E-state index contributed by atoms with van der Waals surface area (Å²) in [6, 6.07) is 26.8. The zero-order valence-electron chi connectivity index (χ0n) is 20.1. The fourth-order valence-electron chi connectivity index (χ4n) is 4.29. The van der Waals surface area contributed by atoms with Gasteiger partial charge in [-0.25, -0.2) is 9.37 Å². The minimum Gasteiger partial charge on any atom is -0.423 e. The molecule has 4 rings (SSSR count). The van der Waals surface area contributed by atoms with Crippen molar-refractivity contribution in [1.82, 2.24) is 9.55 Å². The van der Waals surface area contributed by atoms with E-state index in [1.807, 2.05) is 24.3 Å². The number of imidazole rings is 1. The normalized spacial score (nSPS) is 10.9. The molecule has 0 aliphatic heterocycles. The molecule has 0 radical (unpaired) electrons. The number of esters is 1. The molecule has 4 aromatic rings. The molecular weight excluding hydrogens is 439 g/mol. The molecule has 0 bridgehead atoms. The largest absolute Gasteiger partial charge is 0.423 e. The molecule has 1 aromatic heterocycles. The molecule has 0 amide bonds. The molecule has 0 saturated heterocycles. The molecule has 35 heavy (non-hydrogen) atoms. The van der Waals surface area contributed by atoms with E-state index in [1.54, 1.807) is 12.1 Å². The second kappa shape index (κ2) is 12.1. The Morgan fingerprint density at radius 3 is 2.11 bits per heavy atom. The Kier molecular flexibility index (Phi) is 8.44. The number of carbonyl (C=O) groups excluding carboxylic acids is 1. The smallest absolute Gasteiger partial charge is 0.311 e. The number of halogens is 1. The monoisotopic (exact) mass is 470 g/mol. The summed E-state index contributed by atoms with van der Waals surface area (Å²) in [5, 5.41) is 0. The van der Waals surface area contributed by atoms with Crippen molar-refractivity contribution >= 4 is 5.97 Å². The molecule has 0 spiro atoms. The van der Waals surface area contributed by atoms with Crippen LogP contribution in [0.25, 0.3) is 22.5 Å². The first-order valence-corrected chi connectivity index (χ1v) is 12.3. The molecular formula is C30H31FN2O2. The first-order valence-electron chi connectivity index (χ1n) is 12.3. The lowest BCUT2D eigenvalue weighted by atomic mass is 10.0. The van der Waals surface area contributed by atoms with Crippen molar-refractivity contribution < 1.29 is 13.9 Å². The van der Waals surface area contributed by atoms with Crippen molar-refractivity contribution in [1.29, 1.82) is 0 Å². The zero-order chi connectivity index (χ0) is 24.5. The maximum Gasteiger partial charge on any atom is 0.311 e. The number of para-hydroxylation sites is 1. The third-order valence-corrected chi connectivity index (χ3v) is 6.08. The zero-order valence-corrected chi connectivity index (χ0v) is 20.1. The van der Waals surface area contributed by atoms with E-state index >= 15 is 0 Å². The van der Waals surface area contributed by atoms with Gasteiger partial charge < -0.3 is 9.30 Å². The van der Waals surface area contributed by atoms with E-state index in [1.165, 1.54) is 17.7 Å². The molecule has 5 heteroatoms. The van der Waals surface area contributed by atoms with Crippen LogP contribution in [0.4, 0.5) is 4.39 Å². The molecule has 0 atom stereocenters. The van der Waals surface area contributed by atoms with Gasteiger partial charge in [0.1, 0.15) is 5.82 Å². The Hall–Kier alpha value is -3.73. The Morgan fingerprint density at radius 2 is 1.40 bits per heavy atom. The number of hydrogen-bond donors (Lipinski definition) is 0. The highest BCUT2D eigenvalue weighted by atomic mass is 19.1. The number of unbranched alkanes of at least 4 members (excludes halogenated alkanes) is 4. The number of carbonyl (C=O) groups is 1. The van der Waals surface area contributed by atoms with E-state index in [2.05, 4.69) is 47.9 Å². The van der Waals surface area contributed by atoms with Gasteiger partial charge in [0, 0.05) is 24.1 Å². The van der Waals surface area contributed by atoms with Crippen LogP contribution in [0.1, 0.15) is 44.3 Å². The van der Waals surface area contributed by atoms with E-state index in [-0.39, 0.29) is 11.7 Å². The summed E-state index contributed by atoms with van der Waals surface area (Å²) in [7, 11) is 0. The third kappa shape index (κ3) is 6.44. The molecule has 0 unspecified atom stereocenters. The summed E-state index contributed by atoms with van der Waals surface area (Å²) in [6.07, 6.45) is 5.11. The quantitative estimate of drug-likeness (QED) is 0.129. The van der Waals surface area contributed by atoms with Gasteiger partial charge in [-0.3, -0.25) is 4.79 Å². The van der Waals surface area contributed by atoms with E-state index in [0.717, 1.165) is 61.4 Å². The van der Waals surface area contributed by atoms with Crippen LogP contribution in [-0.2, 0) is 11.3 Å². The highest BCUT2D eigenvalue weighted by Crippen LogP contribution is 2.33. The van der Waals surface area contributed by atoms with Gasteiger partial charge in [0.05, 0.1) is 11.4 Å². The molecule has 1 heterocycles. The summed E-state index contributed by atoms with van der Waals surface area (Å²) < 4.78 is 21.0. The minimum absolute atomic E-state index is 0.00251. The van der Waals surface area contributed by atoms with Crippen molar-refractivity contribution in [2.24, 2.45) is 0 Å². The standard InChI is InChI=1S/C30H31FN2O2/c1-23-32-29(24-15-7-5-8-16-24)30(25-17-9-6-10-18-25)33(23)22-14-4-2-3-11-21-28(34)35-27-20-13-12-19-26(27)31/h5-10,12-13,15-20H,2-4,11,14,21-22H2,1H3. The average Bonchev–Trinajstić information content (AvgIpc) is 3.22. The van der Waals surface area contributed by atoms with Gasteiger partial charge in [0.15, 0.2) is 11.6 Å². The molecule has 0 saturated carbocycles. The lowest BCUT2D eigenvalue weighted by Crippen LogP contribution is -2.08. The lowest BCUT2D eigenvalue weighted by molar-refractivity contribution is -0.134. The predicted octanol–water partition coefficient (Wildman–Crippen LogP) is 7.61. The van der Waals surface area contributed by atoms with E-state index < -0.39 is 5.82 Å². The summed E-state index contributed by atoms with van der Waals surface area (Å²) in [5.74, 6) is 0.113. The summed E-state index contributed by atoms with van der Waals surface area (Å²) in [5.41, 5.74) is 4.46. The van der Waals surface area contributed by atoms with Crippen LogP contribution in [0.15, 0.2) is 84.9 Å². The summed E-state index contributed by atoms with van der Waals surface area (Å²) in [4.78, 5) is 16.9. The number of benzene rings is 3. The number of aryl methyl sites for hydroxylation is 1. The van der Waals surface area contributed by atoms with Crippen molar-refractivity contribution in [2.45, 2.75) is 52.0 Å². The van der Waals surface area contributed by atoms with Gasteiger partial charge in [0.2, 0.25) is 0 Å². The van der Waals surface area contributed by atoms with Crippen LogP contribution in [0.3, 0.4) is 0 Å². The Balaban J connectivity index is 1.29. The number of nitrogens with zero attached hydrogens (tertiary/aromatic N) is 2. The molecule has 0 aliphatic carbocycles. The second-order valence-electron chi connectivity index (χ2n) is 8.66. The lowest BCUT2D eigenvalue weighted by Gasteiger charge is -2.12.